The van der Waals surface area contributed by atoms with Crippen molar-refractivity contribution in [2.24, 2.45) is 5.73 Å². The molecule has 2 aromatic rings. The van der Waals surface area contributed by atoms with Crippen LogP contribution in [-0.2, 0) is 0 Å². The number of nitriles is 1. The van der Waals surface area contributed by atoms with Crippen LogP contribution in [0, 0.1) is 16.1 Å². The van der Waals surface area contributed by atoms with Crippen LogP contribution in [0.3, 0.4) is 0 Å². The molecule has 0 radical (unpaired) electrons. The molecular formula is C14H8Cl2N4O2S. The van der Waals surface area contributed by atoms with Crippen LogP contribution >= 0.6 is 35.4 Å². The van der Waals surface area contributed by atoms with Crippen LogP contribution < -0.4 is 16.0 Å². The number of rotatable bonds is 1. The van der Waals surface area contributed by atoms with Gasteiger partial charge in [0.05, 0.1) is 11.5 Å². The van der Waals surface area contributed by atoms with E-state index in [2.05, 4.69) is 9.97 Å². The number of aromatic nitrogens is 2. The standard InChI is InChI=1S/C14H8Cl2N4O2S/c15-6-2-1-3-7(16)9(6)8-5(4-17)11(18)22-13-10(8)12(21)19-14(23)20-13/h1-3,8H,18H2,(H2,19,20,21,23)/t8-/m1/s1. The number of nitrogens with zero attached hydrogens (tertiary/aromatic N) is 1. The third kappa shape index (κ3) is 2.51. The van der Waals surface area contributed by atoms with Crippen LogP contribution in [0.4, 0.5) is 0 Å². The molecule has 4 N–H and O–H groups in total. The van der Waals surface area contributed by atoms with Crippen molar-refractivity contribution in [3.63, 3.8) is 0 Å². The molecule has 0 bridgehead atoms. The molecule has 1 aliphatic rings. The lowest BCUT2D eigenvalue weighted by molar-refractivity contribution is 0.374. The van der Waals surface area contributed by atoms with Crippen LogP contribution in [0.15, 0.2) is 34.4 Å². The molecule has 0 spiro atoms. The molecule has 6 nitrogen and oxygen atoms in total. The zero-order valence-electron chi connectivity index (χ0n) is 11.3. The minimum atomic E-state index is -0.861. The first kappa shape index (κ1) is 15.6. The second-order valence-electron chi connectivity index (χ2n) is 4.71. The number of ether oxygens (including phenoxy) is 1. The second kappa shape index (κ2) is 5.74. The fourth-order valence-electron chi connectivity index (χ4n) is 2.46. The highest BCUT2D eigenvalue weighted by molar-refractivity contribution is 7.71. The Morgan fingerprint density at radius 1 is 1.26 bits per heavy atom. The molecule has 0 saturated heterocycles. The van der Waals surface area contributed by atoms with E-state index in [0.717, 1.165) is 0 Å². The van der Waals surface area contributed by atoms with Gasteiger partial charge >= 0.3 is 0 Å². The Labute approximate surface area is 145 Å². The van der Waals surface area contributed by atoms with E-state index in [1.54, 1.807) is 18.2 Å². The summed E-state index contributed by atoms with van der Waals surface area (Å²) < 4.78 is 5.41. The number of hydrogen-bond donors (Lipinski definition) is 3. The number of hydrogen-bond acceptors (Lipinski definition) is 5. The number of fused-ring (bicyclic) bond motifs is 1. The number of H-pyrrole nitrogens is 2. The van der Waals surface area contributed by atoms with Gasteiger partial charge in [0.1, 0.15) is 11.6 Å². The number of allylic oxidation sites excluding steroid dienone is 1. The average molecular weight is 367 g/mol. The molecule has 0 saturated carbocycles. The summed E-state index contributed by atoms with van der Waals surface area (Å²) in [5.74, 6) is -0.936. The SMILES string of the molecule is N#CC1=C(N)Oc2[nH]c(=S)[nH]c(=O)c2[C@H]1c1c(Cl)cccc1Cl. The van der Waals surface area contributed by atoms with Crippen LogP contribution in [0.5, 0.6) is 5.88 Å². The average Bonchev–Trinajstić information content (AvgIpc) is 2.46. The third-order valence-corrected chi connectivity index (χ3v) is 4.27. The van der Waals surface area contributed by atoms with Gasteiger partial charge < -0.3 is 15.5 Å². The van der Waals surface area contributed by atoms with Crippen molar-refractivity contribution < 1.29 is 4.74 Å². The smallest absolute Gasteiger partial charge is 0.259 e. The summed E-state index contributed by atoms with van der Waals surface area (Å²) in [6.45, 7) is 0. The molecule has 116 valence electrons. The lowest BCUT2D eigenvalue weighted by Gasteiger charge is -2.26. The van der Waals surface area contributed by atoms with Gasteiger partial charge in [0.15, 0.2) is 4.77 Å². The van der Waals surface area contributed by atoms with Crippen molar-refractivity contribution in [1.82, 2.24) is 9.97 Å². The van der Waals surface area contributed by atoms with E-state index >= 15 is 0 Å². The third-order valence-electron chi connectivity index (χ3n) is 3.41. The second-order valence-corrected chi connectivity index (χ2v) is 5.93. The maximum Gasteiger partial charge on any atom is 0.259 e. The largest absolute Gasteiger partial charge is 0.424 e. The number of benzene rings is 1. The lowest BCUT2D eigenvalue weighted by atomic mass is 9.85. The van der Waals surface area contributed by atoms with Gasteiger partial charge in [-0.15, -0.1) is 0 Å². The van der Waals surface area contributed by atoms with E-state index in [9.17, 15) is 10.1 Å². The first-order valence-corrected chi connectivity index (χ1v) is 7.48. The van der Waals surface area contributed by atoms with Gasteiger partial charge in [-0.2, -0.15) is 5.26 Å². The molecule has 0 amide bonds. The van der Waals surface area contributed by atoms with Crippen LogP contribution in [-0.4, -0.2) is 9.97 Å². The highest BCUT2D eigenvalue weighted by atomic mass is 35.5. The number of aromatic amines is 2. The van der Waals surface area contributed by atoms with Crippen LogP contribution in [0.2, 0.25) is 10.0 Å². The molecule has 9 heteroatoms. The lowest BCUT2D eigenvalue weighted by Crippen LogP contribution is -2.29. The van der Waals surface area contributed by atoms with Crippen molar-refractivity contribution in [1.29, 1.82) is 5.26 Å². The summed E-state index contributed by atoms with van der Waals surface area (Å²) in [6.07, 6.45) is 0. The fraction of sp³-hybridized carbons (Fsp3) is 0.0714. The Morgan fingerprint density at radius 2 is 1.91 bits per heavy atom. The molecule has 23 heavy (non-hydrogen) atoms. The van der Waals surface area contributed by atoms with E-state index in [0.29, 0.717) is 15.6 Å². The Morgan fingerprint density at radius 3 is 2.52 bits per heavy atom. The van der Waals surface area contributed by atoms with Gasteiger partial charge in [-0.25, -0.2) is 0 Å². The first-order valence-electron chi connectivity index (χ1n) is 6.32. The van der Waals surface area contributed by atoms with Gasteiger partial charge in [0.2, 0.25) is 11.8 Å². The monoisotopic (exact) mass is 366 g/mol. The van der Waals surface area contributed by atoms with E-state index in [4.69, 9.17) is 45.9 Å². The minimum Gasteiger partial charge on any atom is -0.424 e. The molecule has 0 fully saturated rings. The van der Waals surface area contributed by atoms with Gasteiger partial charge in [-0.05, 0) is 24.4 Å². The molecule has 1 atom stereocenters. The molecule has 3 rings (SSSR count). The summed E-state index contributed by atoms with van der Waals surface area (Å²) in [6, 6.07) is 6.85. The van der Waals surface area contributed by atoms with E-state index in [1.165, 1.54) is 0 Å². The summed E-state index contributed by atoms with van der Waals surface area (Å²) in [5.41, 5.74) is 5.89. The molecule has 1 aliphatic heterocycles. The summed E-state index contributed by atoms with van der Waals surface area (Å²) >= 11 is 17.4. The van der Waals surface area contributed by atoms with Crippen molar-refractivity contribution in [3.8, 4) is 11.9 Å². The van der Waals surface area contributed by atoms with Crippen LogP contribution in [0.25, 0.3) is 0 Å². The van der Waals surface area contributed by atoms with Crippen molar-refractivity contribution in [2.75, 3.05) is 0 Å². The number of halogens is 2. The first-order chi connectivity index (χ1) is 10.9. The quantitative estimate of drug-likeness (QED) is 0.672. The van der Waals surface area contributed by atoms with Gasteiger partial charge in [-0.3, -0.25) is 9.78 Å². The van der Waals surface area contributed by atoms with Gasteiger partial charge in [0.25, 0.3) is 5.56 Å². The Kier molecular flexibility index (Phi) is 3.90. The highest BCUT2D eigenvalue weighted by Gasteiger charge is 2.36. The number of nitrogens with one attached hydrogen (secondary N) is 2. The molecular weight excluding hydrogens is 359 g/mol. The fourth-order valence-corrected chi connectivity index (χ4v) is 3.27. The predicted octanol–water partition coefficient (Wildman–Crippen LogP) is 2.96. The summed E-state index contributed by atoms with van der Waals surface area (Å²) in [4.78, 5) is 17.5. The van der Waals surface area contributed by atoms with Crippen LogP contribution in [0.1, 0.15) is 17.0 Å². The topological polar surface area (TPSA) is 108 Å². The zero-order valence-corrected chi connectivity index (χ0v) is 13.6. The predicted molar refractivity (Wildman–Crippen MR) is 88.0 cm³/mol. The van der Waals surface area contributed by atoms with Gasteiger partial charge in [-0.1, -0.05) is 29.3 Å². The van der Waals surface area contributed by atoms with E-state index < -0.39 is 11.5 Å². The van der Waals surface area contributed by atoms with Crippen molar-refractivity contribution >= 4 is 35.4 Å². The molecule has 1 aromatic heterocycles. The molecule has 0 aliphatic carbocycles. The Bertz CT molecular complexity index is 983. The van der Waals surface area contributed by atoms with Gasteiger partial charge in [0, 0.05) is 15.6 Å². The maximum atomic E-state index is 12.4. The summed E-state index contributed by atoms with van der Waals surface area (Å²) in [7, 11) is 0. The van der Waals surface area contributed by atoms with E-state index in [1.807, 2.05) is 6.07 Å². The number of nitrogens with two attached hydrogens (primary N) is 1. The highest BCUT2D eigenvalue weighted by Crippen LogP contribution is 2.44. The van der Waals surface area contributed by atoms with Crippen molar-refractivity contribution in [2.45, 2.75) is 5.92 Å². The van der Waals surface area contributed by atoms with Crippen molar-refractivity contribution in [3.05, 3.63) is 66.0 Å². The van der Waals surface area contributed by atoms with E-state index in [-0.39, 0.29) is 27.7 Å². The summed E-state index contributed by atoms with van der Waals surface area (Å²) in [5, 5.41) is 10.1. The minimum absolute atomic E-state index is 0.0449. The Balaban J connectivity index is 2.42. The molecule has 0 unspecified atom stereocenters. The Hall–Kier alpha value is -2.27. The molecule has 2 heterocycles. The maximum absolute atomic E-state index is 12.4. The molecule has 1 aromatic carbocycles. The normalized spacial score (nSPS) is 16.5. The zero-order chi connectivity index (χ0) is 16.7.